The zero-order chi connectivity index (χ0) is 12.1. The Bertz CT molecular complexity index is 440. The predicted molar refractivity (Wildman–Crippen MR) is 75.4 cm³/mol. The summed E-state index contributed by atoms with van der Waals surface area (Å²) in [5.74, 6) is 1.92. The standard InChI is InChI=1S/C15H21NS/c1-11-8-9-15(16-14(2,3)10-17-15)13-7-5-4-6-12(11)13/h4-7,11,16H,8-10H2,1-3H3. The molecule has 0 amide bonds. The van der Waals surface area contributed by atoms with E-state index in [-0.39, 0.29) is 10.4 Å². The van der Waals surface area contributed by atoms with Gasteiger partial charge in [0, 0.05) is 11.3 Å². The predicted octanol–water partition coefficient (Wildman–Crippen LogP) is 3.85. The molecule has 1 N–H and O–H groups in total. The van der Waals surface area contributed by atoms with Gasteiger partial charge in [-0.3, -0.25) is 5.32 Å². The summed E-state index contributed by atoms with van der Waals surface area (Å²) in [6, 6.07) is 9.01. The maximum atomic E-state index is 3.89. The Morgan fingerprint density at radius 2 is 2.06 bits per heavy atom. The van der Waals surface area contributed by atoms with Crippen LogP contribution in [0, 0.1) is 0 Å². The molecule has 1 aliphatic carbocycles. The van der Waals surface area contributed by atoms with Crippen molar-refractivity contribution in [2.24, 2.45) is 0 Å². The lowest BCUT2D eigenvalue weighted by atomic mass is 9.80. The first-order valence-corrected chi connectivity index (χ1v) is 7.54. The van der Waals surface area contributed by atoms with Gasteiger partial charge < -0.3 is 0 Å². The molecule has 0 bridgehead atoms. The van der Waals surface area contributed by atoms with Crippen LogP contribution in [-0.2, 0) is 4.87 Å². The van der Waals surface area contributed by atoms with Crippen molar-refractivity contribution in [2.75, 3.05) is 5.75 Å². The summed E-state index contributed by atoms with van der Waals surface area (Å²) in [6.07, 6.45) is 2.56. The van der Waals surface area contributed by atoms with Crippen LogP contribution in [0.2, 0.25) is 0 Å². The SMILES string of the molecule is CC1CCC2(NC(C)(C)CS2)c2ccccc21. The van der Waals surface area contributed by atoms with E-state index >= 15 is 0 Å². The molecule has 1 saturated heterocycles. The van der Waals surface area contributed by atoms with Crippen LogP contribution < -0.4 is 5.32 Å². The van der Waals surface area contributed by atoms with Crippen LogP contribution >= 0.6 is 11.8 Å². The van der Waals surface area contributed by atoms with Gasteiger partial charge in [-0.1, -0.05) is 31.2 Å². The van der Waals surface area contributed by atoms with E-state index in [1.165, 1.54) is 24.2 Å². The third-order valence-corrected chi connectivity index (χ3v) is 5.96. The summed E-state index contributed by atoms with van der Waals surface area (Å²) in [4.78, 5) is 0.187. The monoisotopic (exact) mass is 247 g/mol. The van der Waals surface area contributed by atoms with E-state index in [0.29, 0.717) is 5.92 Å². The summed E-state index contributed by atoms with van der Waals surface area (Å²) >= 11 is 2.11. The molecular weight excluding hydrogens is 226 g/mol. The molecule has 1 spiro atoms. The van der Waals surface area contributed by atoms with Gasteiger partial charge in [-0.05, 0) is 43.7 Å². The molecule has 1 nitrogen and oxygen atoms in total. The highest BCUT2D eigenvalue weighted by Crippen LogP contribution is 2.52. The molecular formula is C15H21NS. The summed E-state index contributed by atoms with van der Waals surface area (Å²) < 4.78 is 0. The number of thioether (sulfide) groups is 1. The molecule has 2 aliphatic rings. The van der Waals surface area contributed by atoms with E-state index in [4.69, 9.17) is 0 Å². The highest BCUT2D eigenvalue weighted by Gasteiger charge is 2.47. The van der Waals surface area contributed by atoms with Gasteiger partial charge in [0.2, 0.25) is 0 Å². The molecule has 3 rings (SSSR count). The molecule has 0 saturated carbocycles. The van der Waals surface area contributed by atoms with Gasteiger partial charge in [-0.25, -0.2) is 0 Å². The minimum absolute atomic E-state index is 0.187. The molecule has 1 aromatic rings. The molecule has 92 valence electrons. The van der Waals surface area contributed by atoms with Crippen LogP contribution in [0.3, 0.4) is 0 Å². The largest absolute Gasteiger partial charge is 0.293 e. The Balaban J connectivity index is 2.07. The van der Waals surface area contributed by atoms with Gasteiger partial charge in [0.15, 0.2) is 0 Å². The summed E-state index contributed by atoms with van der Waals surface area (Å²) in [5, 5.41) is 3.89. The van der Waals surface area contributed by atoms with Gasteiger partial charge in [-0.2, -0.15) is 0 Å². The van der Waals surface area contributed by atoms with E-state index < -0.39 is 0 Å². The van der Waals surface area contributed by atoms with Crippen molar-refractivity contribution in [3.8, 4) is 0 Å². The van der Waals surface area contributed by atoms with E-state index in [1.807, 2.05) is 0 Å². The Labute approximate surface area is 108 Å². The van der Waals surface area contributed by atoms with Gasteiger partial charge >= 0.3 is 0 Å². The van der Waals surface area contributed by atoms with Gasteiger partial charge in [0.25, 0.3) is 0 Å². The van der Waals surface area contributed by atoms with Crippen LogP contribution in [0.5, 0.6) is 0 Å². The lowest BCUT2D eigenvalue weighted by Gasteiger charge is -2.39. The van der Waals surface area contributed by atoms with E-state index in [9.17, 15) is 0 Å². The van der Waals surface area contributed by atoms with Gasteiger partial charge in [-0.15, -0.1) is 11.8 Å². The molecule has 0 radical (unpaired) electrons. The quantitative estimate of drug-likeness (QED) is 0.747. The maximum absolute atomic E-state index is 3.89. The Hall–Kier alpha value is -0.470. The molecule has 1 heterocycles. The summed E-state index contributed by atoms with van der Waals surface area (Å²) in [6.45, 7) is 6.99. The van der Waals surface area contributed by atoms with E-state index in [2.05, 4.69) is 62.1 Å². The number of benzene rings is 1. The minimum atomic E-state index is 0.187. The van der Waals surface area contributed by atoms with Crippen LogP contribution in [0.1, 0.15) is 50.7 Å². The average molecular weight is 247 g/mol. The molecule has 2 atom stereocenters. The Morgan fingerprint density at radius 3 is 2.76 bits per heavy atom. The van der Waals surface area contributed by atoms with Gasteiger partial charge in [0.1, 0.15) is 0 Å². The molecule has 1 aromatic carbocycles. The second kappa shape index (κ2) is 3.76. The highest BCUT2D eigenvalue weighted by atomic mass is 32.2. The third-order valence-electron chi connectivity index (χ3n) is 4.08. The fraction of sp³-hybridized carbons (Fsp3) is 0.600. The first-order valence-electron chi connectivity index (χ1n) is 6.55. The number of rotatable bonds is 0. The first-order chi connectivity index (χ1) is 8.03. The summed E-state index contributed by atoms with van der Waals surface area (Å²) in [5.41, 5.74) is 3.35. The van der Waals surface area contributed by atoms with Crippen molar-refractivity contribution in [2.45, 2.75) is 49.9 Å². The molecule has 0 aromatic heterocycles. The van der Waals surface area contributed by atoms with Crippen molar-refractivity contribution in [3.05, 3.63) is 35.4 Å². The fourth-order valence-corrected chi connectivity index (χ4v) is 4.84. The number of fused-ring (bicyclic) bond motifs is 2. The third kappa shape index (κ3) is 1.82. The van der Waals surface area contributed by atoms with Crippen LogP contribution in [0.15, 0.2) is 24.3 Å². The van der Waals surface area contributed by atoms with Crippen LogP contribution in [0.25, 0.3) is 0 Å². The van der Waals surface area contributed by atoms with Crippen molar-refractivity contribution < 1.29 is 0 Å². The highest BCUT2D eigenvalue weighted by molar-refractivity contribution is 8.00. The average Bonchev–Trinajstić information content (AvgIpc) is 2.62. The zero-order valence-electron chi connectivity index (χ0n) is 10.9. The molecule has 2 unspecified atom stereocenters. The van der Waals surface area contributed by atoms with Crippen molar-refractivity contribution in [1.29, 1.82) is 0 Å². The molecule has 1 fully saturated rings. The number of hydrogen-bond donors (Lipinski definition) is 1. The van der Waals surface area contributed by atoms with Crippen molar-refractivity contribution in [1.82, 2.24) is 5.32 Å². The lowest BCUT2D eigenvalue weighted by molar-refractivity contribution is 0.326. The van der Waals surface area contributed by atoms with Gasteiger partial charge in [0.05, 0.1) is 4.87 Å². The number of hydrogen-bond acceptors (Lipinski definition) is 2. The lowest BCUT2D eigenvalue weighted by Crippen LogP contribution is -2.47. The zero-order valence-corrected chi connectivity index (χ0v) is 11.7. The van der Waals surface area contributed by atoms with E-state index in [0.717, 1.165) is 0 Å². The Kier molecular flexibility index (Phi) is 2.57. The van der Waals surface area contributed by atoms with Crippen LogP contribution in [-0.4, -0.2) is 11.3 Å². The maximum Gasteiger partial charge on any atom is 0.0909 e. The summed E-state index contributed by atoms with van der Waals surface area (Å²) in [7, 11) is 0. The normalized spacial score (nSPS) is 34.9. The Morgan fingerprint density at radius 1 is 1.29 bits per heavy atom. The second-order valence-electron chi connectivity index (χ2n) is 6.15. The van der Waals surface area contributed by atoms with Crippen molar-refractivity contribution >= 4 is 11.8 Å². The van der Waals surface area contributed by atoms with Crippen LogP contribution in [0.4, 0.5) is 0 Å². The van der Waals surface area contributed by atoms with Crippen molar-refractivity contribution in [3.63, 3.8) is 0 Å². The molecule has 2 heteroatoms. The smallest absolute Gasteiger partial charge is 0.0909 e. The second-order valence-corrected chi connectivity index (χ2v) is 7.43. The number of nitrogens with one attached hydrogen (secondary N) is 1. The topological polar surface area (TPSA) is 12.0 Å². The first kappa shape index (κ1) is 11.6. The fourth-order valence-electron chi connectivity index (χ4n) is 3.21. The molecule has 1 aliphatic heterocycles. The van der Waals surface area contributed by atoms with E-state index in [1.54, 1.807) is 5.56 Å². The molecule has 17 heavy (non-hydrogen) atoms. The minimum Gasteiger partial charge on any atom is -0.293 e.